The monoisotopic (exact) mass is 194 g/mol. The van der Waals surface area contributed by atoms with Crippen LogP contribution in [0.15, 0.2) is 0 Å². The van der Waals surface area contributed by atoms with E-state index in [1.54, 1.807) is 11.9 Å². The molecule has 0 bridgehead atoms. The summed E-state index contributed by atoms with van der Waals surface area (Å²) in [5.41, 5.74) is 5.50. The first kappa shape index (κ1) is 10.8. The van der Waals surface area contributed by atoms with E-state index < -0.39 is 12.0 Å². The van der Waals surface area contributed by atoms with E-state index in [1.165, 1.54) is 0 Å². The first-order valence-electron chi connectivity index (χ1n) is 4.35. The highest BCUT2D eigenvalue weighted by Gasteiger charge is 2.31. The van der Waals surface area contributed by atoms with Crippen LogP contribution in [0.25, 0.3) is 0 Å². The van der Waals surface area contributed by atoms with Gasteiger partial charge in [0.25, 0.3) is 6.43 Å². The molecule has 1 heterocycles. The van der Waals surface area contributed by atoms with Crippen LogP contribution < -0.4 is 5.73 Å². The number of alkyl halides is 2. The summed E-state index contributed by atoms with van der Waals surface area (Å²) in [4.78, 5) is 1.55. The van der Waals surface area contributed by atoms with Gasteiger partial charge in [-0.15, -0.1) is 0 Å². The third-order valence-corrected chi connectivity index (χ3v) is 2.17. The molecule has 2 N–H and O–H groups in total. The molecule has 3 nitrogen and oxygen atoms in total. The molecule has 1 rings (SSSR count). The first-order chi connectivity index (χ1) is 6.02. The Balaban J connectivity index is 2.29. The second-order valence-corrected chi connectivity index (χ2v) is 3.75. The molecule has 1 aliphatic rings. The maximum atomic E-state index is 12.0. The molecule has 0 aromatic rings. The minimum atomic E-state index is -2.30. The van der Waals surface area contributed by atoms with Crippen molar-refractivity contribution in [1.29, 1.82) is 0 Å². The van der Waals surface area contributed by atoms with Crippen molar-refractivity contribution < 1.29 is 13.5 Å². The highest BCUT2D eigenvalue weighted by Crippen LogP contribution is 2.16. The highest BCUT2D eigenvalue weighted by molar-refractivity contribution is 4.90. The summed E-state index contributed by atoms with van der Waals surface area (Å²) in [7, 11) is 1.65. The zero-order valence-corrected chi connectivity index (χ0v) is 7.80. The number of likely N-dealkylation sites (N-methyl/N-ethyl adjacent to an activating group) is 1. The third kappa shape index (κ3) is 3.54. The summed E-state index contributed by atoms with van der Waals surface area (Å²) in [6.07, 6.45) is -1.54. The van der Waals surface area contributed by atoms with Crippen molar-refractivity contribution >= 4 is 0 Å². The molecule has 5 heteroatoms. The van der Waals surface area contributed by atoms with Crippen molar-refractivity contribution in [3.63, 3.8) is 0 Å². The van der Waals surface area contributed by atoms with Gasteiger partial charge in [0.05, 0.1) is 18.7 Å². The molecular weight excluding hydrogens is 178 g/mol. The molecule has 0 aliphatic carbocycles. The van der Waals surface area contributed by atoms with E-state index in [1.807, 2.05) is 0 Å². The topological polar surface area (TPSA) is 38.5 Å². The van der Waals surface area contributed by atoms with Crippen molar-refractivity contribution in [3.05, 3.63) is 0 Å². The number of halogens is 2. The molecule has 0 aromatic carbocycles. The molecule has 1 fully saturated rings. The van der Waals surface area contributed by atoms with Gasteiger partial charge in [0.1, 0.15) is 0 Å². The van der Waals surface area contributed by atoms with Crippen LogP contribution in [0.3, 0.4) is 0 Å². The molecule has 1 unspecified atom stereocenters. The van der Waals surface area contributed by atoms with E-state index in [2.05, 4.69) is 0 Å². The average Bonchev–Trinajstić information content (AvgIpc) is 2.33. The van der Waals surface area contributed by atoms with Crippen molar-refractivity contribution in [1.82, 2.24) is 4.90 Å². The minimum absolute atomic E-state index is 0.223. The Morgan fingerprint density at radius 1 is 1.62 bits per heavy atom. The van der Waals surface area contributed by atoms with Crippen molar-refractivity contribution in [2.24, 2.45) is 5.73 Å². The number of nitrogens with two attached hydrogens (primary N) is 1. The third-order valence-electron chi connectivity index (χ3n) is 2.17. The number of hydrogen-bond donors (Lipinski definition) is 1. The number of ether oxygens (including phenoxy) is 1. The normalized spacial score (nSPS) is 29.1. The van der Waals surface area contributed by atoms with Crippen LogP contribution in [0.1, 0.15) is 6.42 Å². The maximum Gasteiger partial charge on any atom is 0.251 e. The lowest BCUT2D eigenvalue weighted by Gasteiger charge is -2.27. The number of nitrogens with zero attached hydrogens (tertiary/aromatic N) is 1. The van der Waals surface area contributed by atoms with E-state index in [0.717, 1.165) is 6.42 Å². The number of hydrogen-bond acceptors (Lipinski definition) is 3. The Bertz CT molecular complexity index is 160. The van der Waals surface area contributed by atoms with Gasteiger partial charge in [0.15, 0.2) is 0 Å². The van der Waals surface area contributed by atoms with Gasteiger partial charge in [-0.2, -0.15) is 0 Å². The summed E-state index contributed by atoms with van der Waals surface area (Å²) >= 11 is 0. The molecule has 1 atom stereocenters. The van der Waals surface area contributed by atoms with Crippen LogP contribution in [-0.2, 0) is 4.74 Å². The lowest BCUT2D eigenvalue weighted by Crippen LogP contribution is -2.50. The minimum Gasteiger partial charge on any atom is -0.379 e. The Labute approximate surface area is 76.8 Å². The summed E-state index contributed by atoms with van der Waals surface area (Å²) in [5.74, 6) is 0. The van der Waals surface area contributed by atoms with Gasteiger partial charge in [0, 0.05) is 13.2 Å². The lowest BCUT2D eigenvalue weighted by molar-refractivity contribution is 0.0858. The SMILES string of the molecule is CN(CC(F)F)CC1(N)CCOC1. The molecule has 78 valence electrons. The predicted octanol–water partition coefficient (Wildman–Crippen LogP) is 0.301. The van der Waals surface area contributed by atoms with Crippen LogP contribution >= 0.6 is 0 Å². The molecule has 1 aliphatic heterocycles. The standard InChI is InChI=1S/C8H16F2N2O/c1-12(4-7(9)10)5-8(11)2-3-13-6-8/h7H,2-6,11H2,1H3. The van der Waals surface area contributed by atoms with Crippen LogP contribution in [0, 0.1) is 0 Å². The molecule has 0 amide bonds. The summed E-state index contributed by atoms with van der Waals surface area (Å²) in [5, 5.41) is 0. The van der Waals surface area contributed by atoms with Gasteiger partial charge >= 0.3 is 0 Å². The molecule has 0 aromatic heterocycles. The van der Waals surface area contributed by atoms with Crippen LogP contribution in [-0.4, -0.2) is 50.2 Å². The largest absolute Gasteiger partial charge is 0.379 e. The Hall–Kier alpha value is -0.260. The smallest absolute Gasteiger partial charge is 0.251 e. The fraction of sp³-hybridized carbons (Fsp3) is 1.00. The molecular formula is C8H16F2N2O. The Morgan fingerprint density at radius 2 is 2.31 bits per heavy atom. The van der Waals surface area contributed by atoms with E-state index in [9.17, 15) is 8.78 Å². The van der Waals surface area contributed by atoms with Gasteiger partial charge in [-0.1, -0.05) is 0 Å². The zero-order chi connectivity index (χ0) is 9.90. The van der Waals surface area contributed by atoms with Crippen molar-refractivity contribution in [2.75, 3.05) is 33.4 Å². The predicted molar refractivity (Wildman–Crippen MR) is 45.9 cm³/mol. The van der Waals surface area contributed by atoms with Crippen LogP contribution in [0.5, 0.6) is 0 Å². The van der Waals surface area contributed by atoms with E-state index in [-0.39, 0.29) is 6.54 Å². The van der Waals surface area contributed by atoms with E-state index in [0.29, 0.717) is 19.8 Å². The Morgan fingerprint density at radius 3 is 2.77 bits per heavy atom. The van der Waals surface area contributed by atoms with Gasteiger partial charge in [-0.25, -0.2) is 8.78 Å². The fourth-order valence-corrected chi connectivity index (χ4v) is 1.59. The Kier molecular flexibility index (Phi) is 3.58. The van der Waals surface area contributed by atoms with E-state index >= 15 is 0 Å². The average molecular weight is 194 g/mol. The van der Waals surface area contributed by atoms with Crippen LogP contribution in [0.2, 0.25) is 0 Å². The second kappa shape index (κ2) is 4.30. The summed E-state index contributed by atoms with van der Waals surface area (Å²) in [6.45, 7) is 1.36. The first-order valence-corrected chi connectivity index (χ1v) is 4.35. The van der Waals surface area contributed by atoms with Crippen LogP contribution in [0.4, 0.5) is 8.78 Å². The summed E-state index contributed by atoms with van der Waals surface area (Å²) < 4.78 is 29.1. The summed E-state index contributed by atoms with van der Waals surface area (Å²) in [6, 6.07) is 0. The maximum absolute atomic E-state index is 12.0. The molecule has 0 spiro atoms. The zero-order valence-electron chi connectivity index (χ0n) is 7.80. The van der Waals surface area contributed by atoms with Crippen molar-refractivity contribution in [2.45, 2.75) is 18.4 Å². The van der Waals surface area contributed by atoms with E-state index in [4.69, 9.17) is 10.5 Å². The molecule has 0 radical (unpaired) electrons. The molecule has 1 saturated heterocycles. The highest BCUT2D eigenvalue weighted by atomic mass is 19.3. The second-order valence-electron chi connectivity index (χ2n) is 3.75. The number of rotatable bonds is 4. The molecule has 0 saturated carbocycles. The fourth-order valence-electron chi connectivity index (χ4n) is 1.59. The van der Waals surface area contributed by atoms with Crippen molar-refractivity contribution in [3.8, 4) is 0 Å². The molecule has 13 heavy (non-hydrogen) atoms. The van der Waals surface area contributed by atoms with Gasteiger partial charge in [-0.05, 0) is 13.5 Å². The lowest BCUT2D eigenvalue weighted by atomic mass is 10.00. The quantitative estimate of drug-likeness (QED) is 0.699. The van der Waals surface area contributed by atoms with Gasteiger partial charge in [-0.3, -0.25) is 4.90 Å². The van der Waals surface area contributed by atoms with Gasteiger partial charge < -0.3 is 10.5 Å². The van der Waals surface area contributed by atoms with Gasteiger partial charge in [0.2, 0.25) is 0 Å².